The molecule has 0 amide bonds. The predicted molar refractivity (Wildman–Crippen MR) is 240 cm³/mol. The molecule has 9 aromatic carbocycles. The molecule has 3 heteroatoms. The Labute approximate surface area is 329 Å². The number of hydrogen-bond donors (Lipinski definition) is 0. The van der Waals surface area contributed by atoms with E-state index in [2.05, 4.69) is 226 Å². The minimum absolute atomic E-state index is 1.13. The Bertz CT molecular complexity index is 3400. The van der Waals surface area contributed by atoms with Gasteiger partial charge in [-0.15, -0.1) is 0 Å². The van der Waals surface area contributed by atoms with Gasteiger partial charge in [0, 0.05) is 49.1 Å². The summed E-state index contributed by atoms with van der Waals surface area (Å²) in [6, 6.07) is 77.4. The van der Waals surface area contributed by atoms with Crippen LogP contribution in [-0.4, -0.2) is 13.7 Å². The van der Waals surface area contributed by atoms with E-state index in [1.807, 2.05) is 0 Å². The highest BCUT2D eigenvalue weighted by Crippen LogP contribution is 2.44. The van der Waals surface area contributed by atoms with Crippen LogP contribution in [0.1, 0.15) is 0 Å². The lowest BCUT2D eigenvalue weighted by Crippen LogP contribution is -2.02. The quantitative estimate of drug-likeness (QED) is 0.168. The topological polar surface area (TPSA) is 14.8 Å². The molecule has 12 aromatic rings. The molecule has 0 saturated heterocycles. The normalized spacial score (nSPS) is 11.9. The van der Waals surface area contributed by atoms with Crippen molar-refractivity contribution < 1.29 is 0 Å². The molecule has 3 nitrogen and oxygen atoms in total. The molecule has 0 saturated carbocycles. The van der Waals surface area contributed by atoms with Gasteiger partial charge in [0.15, 0.2) is 0 Å². The van der Waals surface area contributed by atoms with Crippen LogP contribution in [0.2, 0.25) is 0 Å². The zero-order valence-electron chi connectivity index (χ0n) is 31.0. The molecule has 266 valence electrons. The largest absolute Gasteiger partial charge is 0.308 e. The zero-order valence-corrected chi connectivity index (χ0v) is 31.0. The van der Waals surface area contributed by atoms with Crippen LogP contribution in [0, 0.1) is 0 Å². The molecule has 0 N–H and O–H groups in total. The van der Waals surface area contributed by atoms with E-state index in [1.54, 1.807) is 0 Å². The number of hydrogen-bond acceptors (Lipinski definition) is 0. The van der Waals surface area contributed by atoms with Crippen molar-refractivity contribution in [3.63, 3.8) is 0 Å². The molecule has 0 atom stereocenters. The van der Waals surface area contributed by atoms with E-state index in [9.17, 15) is 0 Å². The number of para-hydroxylation sites is 6. The van der Waals surface area contributed by atoms with E-state index in [-0.39, 0.29) is 0 Å². The molecule has 12 rings (SSSR count). The Morgan fingerprint density at radius 1 is 0.263 bits per heavy atom. The first-order valence-corrected chi connectivity index (χ1v) is 19.6. The highest BCUT2D eigenvalue weighted by molar-refractivity contribution is 6.16. The summed E-state index contributed by atoms with van der Waals surface area (Å²) in [7, 11) is 0. The van der Waals surface area contributed by atoms with Crippen molar-refractivity contribution in [3.05, 3.63) is 212 Å². The molecule has 0 bridgehead atoms. The fourth-order valence-corrected chi connectivity index (χ4v) is 9.46. The van der Waals surface area contributed by atoms with Crippen molar-refractivity contribution >= 4 is 65.4 Å². The van der Waals surface area contributed by atoms with Crippen molar-refractivity contribution in [1.29, 1.82) is 0 Å². The SMILES string of the molecule is c1ccc(-c2cccc(-c3ccccc3)c2-n2c3ccccc3c3cc(-n4c5ccccc5c5cccc(-n6c7ccccc7c7ccccc76)c54)ccc32)cc1. The molecular weight excluding hydrogens is 691 g/mol. The van der Waals surface area contributed by atoms with Gasteiger partial charge in [0.1, 0.15) is 0 Å². The van der Waals surface area contributed by atoms with Crippen molar-refractivity contribution in [2.24, 2.45) is 0 Å². The minimum atomic E-state index is 1.13. The molecule has 3 heterocycles. The van der Waals surface area contributed by atoms with Gasteiger partial charge in [-0.2, -0.15) is 0 Å². The molecule has 3 aromatic heterocycles. The van der Waals surface area contributed by atoms with Gasteiger partial charge < -0.3 is 13.7 Å². The lowest BCUT2D eigenvalue weighted by atomic mass is 9.95. The Morgan fingerprint density at radius 2 is 0.684 bits per heavy atom. The van der Waals surface area contributed by atoms with Gasteiger partial charge in [0.2, 0.25) is 0 Å². The fourth-order valence-electron chi connectivity index (χ4n) is 9.46. The second-order valence-electron chi connectivity index (χ2n) is 14.9. The van der Waals surface area contributed by atoms with Crippen LogP contribution in [0.3, 0.4) is 0 Å². The van der Waals surface area contributed by atoms with Gasteiger partial charge in [-0.05, 0) is 59.7 Å². The number of rotatable bonds is 5. The van der Waals surface area contributed by atoms with Crippen molar-refractivity contribution in [3.8, 4) is 39.3 Å². The molecule has 0 aliphatic rings. The standard InChI is InChI=1S/C54H35N3/c1-3-17-36(18-4-1)39-25-15-26-40(37-19-5-2-6-20-37)53(39)57-50-31-14-10-24-44(50)46-35-38(33-34-51(46)57)55-47-28-11-9-23-43(47)45-27-16-32-52(54(45)55)56-48-29-12-7-21-41(48)42-22-8-13-30-49(42)56/h1-35H. The summed E-state index contributed by atoms with van der Waals surface area (Å²) in [6.45, 7) is 0. The summed E-state index contributed by atoms with van der Waals surface area (Å²) in [5, 5.41) is 7.42. The maximum atomic E-state index is 2.49. The summed E-state index contributed by atoms with van der Waals surface area (Å²) in [5.41, 5.74) is 15.4. The summed E-state index contributed by atoms with van der Waals surface area (Å²) in [4.78, 5) is 0. The van der Waals surface area contributed by atoms with E-state index in [1.165, 1.54) is 93.4 Å². The number of aromatic nitrogens is 3. The van der Waals surface area contributed by atoms with Crippen molar-refractivity contribution in [2.45, 2.75) is 0 Å². The van der Waals surface area contributed by atoms with Crippen LogP contribution in [0.5, 0.6) is 0 Å². The summed E-state index contributed by atoms with van der Waals surface area (Å²) < 4.78 is 7.44. The monoisotopic (exact) mass is 725 g/mol. The highest BCUT2D eigenvalue weighted by Gasteiger charge is 2.23. The average molecular weight is 726 g/mol. The summed E-state index contributed by atoms with van der Waals surface area (Å²) >= 11 is 0. The average Bonchev–Trinajstić information content (AvgIpc) is 3.92. The molecule has 0 spiro atoms. The Hall–Kier alpha value is -7.62. The lowest BCUT2D eigenvalue weighted by molar-refractivity contribution is 1.13. The Kier molecular flexibility index (Phi) is 6.93. The van der Waals surface area contributed by atoms with Crippen molar-refractivity contribution in [2.75, 3.05) is 0 Å². The Balaban J connectivity index is 1.18. The van der Waals surface area contributed by atoms with Crippen LogP contribution in [0.4, 0.5) is 0 Å². The van der Waals surface area contributed by atoms with Gasteiger partial charge in [-0.1, -0.05) is 164 Å². The molecule has 0 aliphatic carbocycles. The third-order valence-electron chi connectivity index (χ3n) is 11.8. The van der Waals surface area contributed by atoms with E-state index in [0.717, 1.165) is 11.4 Å². The van der Waals surface area contributed by atoms with Crippen LogP contribution >= 0.6 is 0 Å². The highest BCUT2D eigenvalue weighted by atomic mass is 15.1. The second-order valence-corrected chi connectivity index (χ2v) is 14.9. The van der Waals surface area contributed by atoms with Crippen LogP contribution in [0.25, 0.3) is 105 Å². The summed E-state index contributed by atoms with van der Waals surface area (Å²) in [6.07, 6.45) is 0. The molecule has 0 fully saturated rings. The number of benzene rings is 9. The molecular formula is C54H35N3. The number of nitrogens with zero attached hydrogens (tertiary/aromatic N) is 3. The number of fused-ring (bicyclic) bond motifs is 9. The van der Waals surface area contributed by atoms with Crippen LogP contribution < -0.4 is 0 Å². The third kappa shape index (κ3) is 4.66. The lowest BCUT2D eigenvalue weighted by Gasteiger charge is -2.19. The molecule has 0 radical (unpaired) electrons. The van der Waals surface area contributed by atoms with Gasteiger partial charge in [-0.25, -0.2) is 0 Å². The maximum absolute atomic E-state index is 2.49. The molecule has 0 unspecified atom stereocenters. The van der Waals surface area contributed by atoms with E-state index < -0.39 is 0 Å². The minimum Gasteiger partial charge on any atom is -0.308 e. The second kappa shape index (κ2) is 12.5. The zero-order chi connectivity index (χ0) is 37.5. The van der Waals surface area contributed by atoms with E-state index >= 15 is 0 Å². The van der Waals surface area contributed by atoms with Gasteiger partial charge in [-0.3, -0.25) is 0 Å². The van der Waals surface area contributed by atoms with Crippen LogP contribution in [-0.2, 0) is 0 Å². The molecule has 57 heavy (non-hydrogen) atoms. The molecule has 0 aliphatic heterocycles. The van der Waals surface area contributed by atoms with Gasteiger partial charge in [0.05, 0.1) is 44.5 Å². The first-order chi connectivity index (χ1) is 28.3. The predicted octanol–water partition coefficient (Wildman–Crippen LogP) is 14.3. The van der Waals surface area contributed by atoms with Crippen molar-refractivity contribution in [1.82, 2.24) is 13.7 Å². The smallest absolute Gasteiger partial charge is 0.0782 e. The first-order valence-electron chi connectivity index (χ1n) is 19.6. The maximum Gasteiger partial charge on any atom is 0.0782 e. The Morgan fingerprint density at radius 3 is 1.26 bits per heavy atom. The summed E-state index contributed by atoms with van der Waals surface area (Å²) in [5.74, 6) is 0. The van der Waals surface area contributed by atoms with E-state index in [0.29, 0.717) is 0 Å². The third-order valence-corrected chi connectivity index (χ3v) is 11.8. The first kappa shape index (κ1) is 31.7. The van der Waals surface area contributed by atoms with E-state index in [4.69, 9.17) is 0 Å². The van der Waals surface area contributed by atoms with Gasteiger partial charge in [0.25, 0.3) is 0 Å². The van der Waals surface area contributed by atoms with Crippen LogP contribution in [0.15, 0.2) is 212 Å². The fraction of sp³-hybridized carbons (Fsp3) is 0. The van der Waals surface area contributed by atoms with Gasteiger partial charge >= 0.3 is 0 Å².